The predicted molar refractivity (Wildman–Crippen MR) is 133 cm³/mol. The number of unbranched alkanes of at least 4 members (excludes halogenated alkanes) is 3. The van der Waals surface area contributed by atoms with Crippen LogP contribution in [0.25, 0.3) is 0 Å². The molecule has 2 N–H and O–H groups in total. The van der Waals surface area contributed by atoms with E-state index in [2.05, 4.69) is 12.2 Å². The van der Waals surface area contributed by atoms with E-state index in [1.807, 2.05) is 18.2 Å². The fourth-order valence-corrected chi connectivity index (χ4v) is 4.98. The number of halogens is 1. The van der Waals surface area contributed by atoms with Crippen molar-refractivity contribution in [3.63, 3.8) is 0 Å². The van der Waals surface area contributed by atoms with Gasteiger partial charge >= 0.3 is 11.9 Å². The predicted octanol–water partition coefficient (Wildman–Crippen LogP) is 4.68. The molecule has 6 nitrogen and oxygen atoms in total. The number of aliphatic hydroxyl groups is 1. The highest BCUT2D eigenvalue weighted by Gasteiger charge is 2.49. The molecule has 1 saturated carbocycles. The maximum absolute atomic E-state index is 13.5. The maximum atomic E-state index is 13.5. The third-order valence-electron chi connectivity index (χ3n) is 6.94. The summed E-state index contributed by atoms with van der Waals surface area (Å²) >= 11 is 0. The molecule has 1 aromatic rings. The molecule has 1 heterocycles. The first-order valence-electron chi connectivity index (χ1n) is 12.4. The summed E-state index contributed by atoms with van der Waals surface area (Å²) in [5.74, 6) is -1.19. The van der Waals surface area contributed by atoms with Crippen molar-refractivity contribution in [2.45, 2.75) is 82.8 Å². The van der Waals surface area contributed by atoms with Gasteiger partial charge in [-0.2, -0.15) is 0 Å². The van der Waals surface area contributed by atoms with Crippen molar-refractivity contribution < 1.29 is 24.2 Å². The standard InChI is InChI=1S/C26H39NO5.BrH/c1-2-3-4-10-17-31-24(28)23(18-20-15-16-27-19-20)32-25(29)26(30,22-13-8-9-14-22)21-11-6-5-7-12-21;/h5-7,11-12,20,22-23,27,30H,2-4,8-10,13-19H2,1H3;1H. The quantitative estimate of drug-likeness (QED) is 0.304. The van der Waals surface area contributed by atoms with E-state index in [9.17, 15) is 14.7 Å². The molecular weight excluding hydrogens is 486 g/mol. The number of ether oxygens (including phenoxy) is 2. The van der Waals surface area contributed by atoms with Crippen molar-refractivity contribution in [2.24, 2.45) is 11.8 Å². The van der Waals surface area contributed by atoms with Crippen LogP contribution in [0.4, 0.5) is 0 Å². The van der Waals surface area contributed by atoms with Gasteiger partial charge in [0.2, 0.25) is 0 Å². The molecule has 0 aromatic heterocycles. The summed E-state index contributed by atoms with van der Waals surface area (Å²) in [5, 5.41) is 15.0. The van der Waals surface area contributed by atoms with Crippen molar-refractivity contribution in [3.8, 4) is 0 Å². The number of hydrogen-bond acceptors (Lipinski definition) is 6. The number of hydrogen-bond donors (Lipinski definition) is 2. The van der Waals surface area contributed by atoms with Crippen LogP contribution in [-0.2, 0) is 24.7 Å². The lowest BCUT2D eigenvalue weighted by molar-refractivity contribution is -0.188. The lowest BCUT2D eigenvalue weighted by Gasteiger charge is -2.33. The zero-order chi connectivity index (χ0) is 22.8. The van der Waals surface area contributed by atoms with Crippen LogP contribution < -0.4 is 5.32 Å². The second kappa shape index (κ2) is 14.1. The Bertz CT molecular complexity index is 719. The Morgan fingerprint density at radius 1 is 1.12 bits per heavy atom. The lowest BCUT2D eigenvalue weighted by atomic mass is 9.80. The van der Waals surface area contributed by atoms with Gasteiger partial charge in [-0.15, -0.1) is 17.0 Å². The summed E-state index contributed by atoms with van der Waals surface area (Å²) < 4.78 is 11.3. The first-order valence-corrected chi connectivity index (χ1v) is 12.4. The van der Waals surface area contributed by atoms with E-state index in [-0.39, 0.29) is 28.8 Å². The van der Waals surface area contributed by atoms with E-state index < -0.39 is 23.6 Å². The van der Waals surface area contributed by atoms with Crippen molar-refractivity contribution in [3.05, 3.63) is 35.9 Å². The lowest BCUT2D eigenvalue weighted by Crippen LogP contribution is -2.46. The smallest absolute Gasteiger partial charge is 0.347 e. The van der Waals surface area contributed by atoms with Crippen LogP contribution in [0.15, 0.2) is 30.3 Å². The van der Waals surface area contributed by atoms with Gasteiger partial charge < -0.3 is 19.9 Å². The van der Waals surface area contributed by atoms with Crippen LogP contribution in [0.2, 0.25) is 0 Å². The van der Waals surface area contributed by atoms with Gasteiger partial charge in [0.05, 0.1) is 6.61 Å². The monoisotopic (exact) mass is 525 g/mol. The summed E-state index contributed by atoms with van der Waals surface area (Å²) in [6, 6.07) is 9.02. The number of nitrogens with one attached hydrogen (secondary N) is 1. The van der Waals surface area contributed by atoms with Crippen molar-refractivity contribution in [2.75, 3.05) is 19.7 Å². The number of benzene rings is 1. The summed E-state index contributed by atoms with van der Waals surface area (Å²) in [7, 11) is 0. The van der Waals surface area contributed by atoms with E-state index in [1.54, 1.807) is 12.1 Å². The zero-order valence-electron chi connectivity index (χ0n) is 19.8. The van der Waals surface area contributed by atoms with E-state index in [0.717, 1.165) is 70.9 Å². The molecule has 1 aliphatic carbocycles. The molecule has 1 saturated heterocycles. The molecule has 3 rings (SSSR count). The Morgan fingerprint density at radius 2 is 1.85 bits per heavy atom. The van der Waals surface area contributed by atoms with Gasteiger partial charge in [-0.25, -0.2) is 9.59 Å². The highest BCUT2D eigenvalue weighted by atomic mass is 79.9. The molecular formula is C26H40BrNO5. The highest BCUT2D eigenvalue weighted by molar-refractivity contribution is 8.93. The van der Waals surface area contributed by atoms with Crippen molar-refractivity contribution in [1.29, 1.82) is 0 Å². The molecule has 1 aliphatic heterocycles. The van der Waals surface area contributed by atoms with Crippen LogP contribution in [0.3, 0.4) is 0 Å². The molecule has 0 spiro atoms. The van der Waals surface area contributed by atoms with Gasteiger partial charge in [-0.3, -0.25) is 0 Å². The third-order valence-corrected chi connectivity index (χ3v) is 6.94. The van der Waals surface area contributed by atoms with E-state index in [1.165, 1.54) is 0 Å². The average Bonchev–Trinajstić information content (AvgIpc) is 3.53. The summed E-state index contributed by atoms with van der Waals surface area (Å²) in [6.07, 6.45) is 7.88. The highest BCUT2D eigenvalue weighted by Crippen LogP contribution is 2.42. The van der Waals surface area contributed by atoms with Crippen LogP contribution in [-0.4, -0.2) is 42.8 Å². The van der Waals surface area contributed by atoms with Crippen LogP contribution in [0.1, 0.15) is 76.7 Å². The van der Waals surface area contributed by atoms with E-state index >= 15 is 0 Å². The van der Waals surface area contributed by atoms with E-state index in [4.69, 9.17) is 9.47 Å². The molecule has 0 bridgehead atoms. The fraction of sp³-hybridized carbons (Fsp3) is 0.692. The Kier molecular flexibility index (Phi) is 11.9. The van der Waals surface area contributed by atoms with Gasteiger partial charge in [-0.1, -0.05) is 69.4 Å². The Hall–Kier alpha value is -1.44. The summed E-state index contributed by atoms with van der Waals surface area (Å²) in [6.45, 7) is 4.16. The Morgan fingerprint density at radius 3 is 2.48 bits per heavy atom. The number of carbonyl (C=O) groups is 2. The SMILES string of the molecule is Br.CCCCCCOC(=O)C(CC1CCNC1)OC(=O)C(O)(c1ccccc1)C1CCCC1. The topological polar surface area (TPSA) is 84.9 Å². The van der Waals surface area contributed by atoms with Crippen LogP contribution >= 0.6 is 17.0 Å². The molecule has 1 aromatic carbocycles. The molecule has 0 radical (unpaired) electrons. The van der Waals surface area contributed by atoms with Crippen LogP contribution in [0.5, 0.6) is 0 Å². The molecule has 2 fully saturated rings. The average molecular weight is 527 g/mol. The Labute approximate surface area is 208 Å². The van der Waals surface area contributed by atoms with Gasteiger partial charge in [0.15, 0.2) is 11.7 Å². The Balaban J connectivity index is 0.00000385. The molecule has 7 heteroatoms. The first kappa shape index (κ1) is 27.8. The van der Waals surface area contributed by atoms with Crippen molar-refractivity contribution >= 4 is 28.9 Å². The van der Waals surface area contributed by atoms with Gasteiger partial charge in [-0.05, 0) is 56.7 Å². The molecule has 0 amide bonds. The minimum absolute atomic E-state index is 0. The first-order chi connectivity index (χ1) is 15.6. The minimum atomic E-state index is -1.74. The van der Waals surface area contributed by atoms with Gasteiger partial charge in [0, 0.05) is 5.92 Å². The molecule has 2 aliphatic rings. The molecule has 3 atom stereocenters. The molecule has 3 unspecified atom stereocenters. The largest absolute Gasteiger partial charge is 0.463 e. The third kappa shape index (κ3) is 7.52. The van der Waals surface area contributed by atoms with E-state index in [0.29, 0.717) is 18.6 Å². The number of carbonyl (C=O) groups excluding carboxylic acids is 2. The number of esters is 2. The summed E-state index contributed by atoms with van der Waals surface area (Å²) in [5.41, 5.74) is -1.21. The zero-order valence-corrected chi connectivity index (χ0v) is 21.5. The second-order valence-electron chi connectivity index (χ2n) is 9.33. The normalized spacial score (nSPS) is 21.1. The minimum Gasteiger partial charge on any atom is -0.463 e. The van der Waals surface area contributed by atoms with Gasteiger partial charge in [0.1, 0.15) is 0 Å². The number of rotatable bonds is 12. The maximum Gasteiger partial charge on any atom is 0.347 e. The van der Waals surface area contributed by atoms with Crippen molar-refractivity contribution in [1.82, 2.24) is 5.32 Å². The fourth-order valence-electron chi connectivity index (χ4n) is 4.98. The molecule has 186 valence electrons. The van der Waals surface area contributed by atoms with Crippen LogP contribution in [0, 0.1) is 11.8 Å². The second-order valence-corrected chi connectivity index (χ2v) is 9.33. The molecule has 33 heavy (non-hydrogen) atoms. The summed E-state index contributed by atoms with van der Waals surface area (Å²) in [4.78, 5) is 26.3. The van der Waals surface area contributed by atoms with Gasteiger partial charge in [0.25, 0.3) is 0 Å².